The lowest BCUT2D eigenvalue weighted by Crippen LogP contribution is -2.45. The van der Waals surface area contributed by atoms with Crippen LogP contribution in [0.15, 0.2) is 24.3 Å². The molecule has 1 aromatic carbocycles. The van der Waals surface area contributed by atoms with E-state index in [0.717, 1.165) is 9.80 Å². The highest BCUT2D eigenvalue weighted by atomic mass is 16.5. The lowest BCUT2D eigenvalue weighted by atomic mass is 10.1. The Morgan fingerprint density at radius 3 is 2.24 bits per heavy atom. The highest BCUT2D eigenvalue weighted by Crippen LogP contribution is 2.24. The summed E-state index contributed by atoms with van der Waals surface area (Å²) in [6.45, 7) is 1.07. The number of imide groups is 2. The summed E-state index contributed by atoms with van der Waals surface area (Å²) < 4.78 is 4.91. The second kappa shape index (κ2) is 6.46. The standard InChI is InChI=1S/C17H16N2O6/c1-10(17(24)25-9-14(21)18-8-4-7-13(18)20)19-15(22)11-5-2-3-6-12(11)16(19)23/h2-3,5-6,10H,4,7-9H2,1H3/t10-/m0/s1. The minimum atomic E-state index is -1.17. The summed E-state index contributed by atoms with van der Waals surface area (Å²) in [5.74, 6) is -2.94. The Balaban J connectivity index is 1.63. The first-order valence-electron chi connectivity index (χ1n) is 7.88. The van der Waals surface area contributed by atoms with Gasteiger partial charge in [0.05, 0.1) is 11.1 Å². The van der Waals surface area contributed by atoms with Crippen LogP contribution in [0.4, 0.5) is 0 Å². The molecule has 8 heteroatoms. The van der Waals surface area contributed by atoms with E-state index < -0.39 is 36.3 Å². The van der Waals surface area contributed by atoms with Crippen molar-refractivity contribution in [2.75, 3.05) is 13.2 Å². The van der Waals surface area contributed by atoms with E-state index >= 15 is 0 Å². The third-order valence-electron chi connectivity index (χ3n) is 4.27. The number of hydrogen-bond donors (Lipinski definition) is 0. The van der Waals surface area contributed by atoms with Crippen LogP contribution >= 0.6 is 0 Å². The lowest BCUT2D eigenvalue weighted by molar-refractivity contribution is -0.156. The molecule has 0 aromatic heterocycles. The first kappa shape index (κ1) is 16.8. The molecule has 0 radical (unpaired) electrons. The summed E-state index contributed by atoms with van der Waals surface area (Å²) in [7, 11) is 0. The lowest BCUT2D eigenvalue weighted by Gasteiger charge is -2.21. The second-order valence-electron chi connectivity index (χ2n) is 5.85. The molecule has 4 amide bonds. The van der Waals surface area contributed by atoms with Gasteiger partial charge in [-0.15, -0.1) is 0 Å². The zero-order chi connectivity index (χ0) is 18.1. The Labute approximate surface area is 143 Å². The Bertz CT molecular complexity index is 752. The van der Waals surface area contributed by atoms with E-state index in [4.69, 9.17) is 4.74 Å². The molecule has 130 valence electrons. The fourth-order valence-corrected chi connectivity index (χ4v) is 2.91. The molecule has 25 heavy (non-hydrogen) atoms. The first-order chi connectivity index (χ1) is 11.9. The molecule has 1 saturated heterocycles. The van der Waals surface area contributed by atoms with Gasteiger partial charge in [0, 0.05) is 13.0 Å². The number of likely N-dealkylation sites (tertiary alicyclic amines) is 1. The van der Waals surface area contributed by atoms with Gasteiger partial charge in [0.25, 0.3) is 17.7 Å². The van der Waals surface area contributed by atoms with Gasteiger partial charge in [-0.25, -0.2) is 4.79 Å². The van der Waals surface area contributed by atoms with Gasteiger partial charge in [-0.1, -0.05) is 12.1 Å². The normalized spacial score (nSPS) is 17.7. The number of hydrogen-bond acceptors (Lipinski definition) is 6. The number of ether oxygens (including phenoxy) is 1. The van der Waals surface area contributed by atoms with Gasteiger partial charge in [0.15, 0.2) is 6.61 Å². The molecule has 0 aliphatic carbocycles. The maximum atomic E-state index is 12.3. The van der Waals surface area contributed by atoms with Gasteiger partial charge in [0.2, 0.25) is 5.91 Å². The van der Waals surface area contributed by atoms with Crippen molar-refractivity contribution in [2.45, 2.75) is 25.8 Å². The summed E-state index contributed by atoms with van der Waals surface area (Å²) in [4.78, 5) is 62.0. The molecule has 8 nitrogen and oxygen atoms in total. The van der Waals surface area contributed by atoms with Crippen molar-refractivity contribution in [3.8, 4) is 0 Å². The number of carbonyl (C=O) groups is 5. The minimum absolute atomic E-state index is 0.228. The number of esters is 1. The minimum Gasteiger partial charge on any atom is -0.454 e. The summed E-state index contributed by atoms with van der Waals surface area (Å²) in [5.41, 5.74) is 0.455. The number of benzene rings is 1. The van der Waals surface area contributed by atoms with Gasteiger partial charge < -0.3 is 4.74 Å². The van der Waals surface area contributed by atoms with Crippen molar-refractivity contribution in [3.63, 3.8) is 0 Å². The molecule has 0 unspecified atom stereocenters. The molecule has 0 bridgehead atoms. The van der Waals surface area contributed by atoms with Gasteiger partial charge in [0.1, 0.15) is 6.04 Å². The largest absolute Gasteiger partial charge is 0.454 e. The summed E-state index contributed by atoms with van der Waals surface area (Å²) >= 11 is 0. The van der Waals surface area contributed by atoms with Gasteiger partial charge >= 0.3 is 5.97 Å². The fourth-order valence-electron chi connectivity index (χ4n) is 2.91. The molecular weight excluding hydrogens is 328 g/mol. The first-order valence-corrected chi connectivity index (χ1v) is 7.88. The Morgan fingerprint density at radius 1 is 1.12 bits per heavy atom. The van der Waals surface area contributed by atoms with Gasteiger partial charge in [-0.2, -0.15) is 0 Å². The van der Waals surface area contributed by atoms with Crippen molar-refractivity contribution >= 4 is 29.6 Å². The SMILES string of the molecule is C[C@@H](C(=O)OCC(=O)N1CCCC1=O)N1C(=O)c2ccccc2C1=O. The van der Waals surface area contributed by atoms with E-state index in [2.05, 4.69) is 0 Å². The molecule has 1 fully saturated rings. The highest BCUT2D eigenvalue weighted by molar-refractivity contribution is 6.22. The molecule has 2 heterocycles. The number of nitrogens with zero attached hydrogens (tertiary/aromatic N) is 2. The third-order valence-corrected chi connectivity index (χ3v) is 4.27. The molecule has 1 atom stereocenters. The summed E-state index contributed by atoms with van der Waals surface area (Å²) in [6, 6.07) is 5.10. The Hall–Kier alpha value is -3.03. The summed E-state index contributed by atoms with van der Waals surface area (Å²) in [6.07, 6.45) is 0.884. The number of amides is 4. The molecule has 1 aromatic rings. The second-order valence-corrected chi connectivity index (χ2v) is 5.85. The van der Waals surface area contributed by atoms with Crippen molar-refractivity contribution in [2.24, 2.45) is 0 Å². The van der Waals surface area contributed by atoms with Crippen LogP contribution in [0.5, 0.6) is 0 Å². The molecule has 3 rings (SSSR count). The third kappa shape index (κ3) is 2.90. The topological polar surface area (TPSA) is 101 Å². The van der Waals surface area contributed by atoms with Crippen molar-refractivity contribution in [1.29, 1.82) is 0 Å². The van der Waals surface area contributed by atoms with Crippen molar-refractivity contribution < 1.29 is 28.7 Å². The van der Waals surface area contributed by atoms with E-state index in [1.165, 1.54) is 19.1 Å². The van der Waals surface area contributed by atoms with Crippen LogP contribution in [0, 0.1) is 0 Å². The van der Waals surface area contributed by atoms with E-state index in [-0.39, 0.29) is 17.0 Å². The predicted molar refractivity (Wildman–Crippen MR) is 83.3 cm³/mol. The molecule has 2 aliphatic rings. The van der Waals surface area contributed by atoms with Gasteiger partial charge in [-0.3, -0.25) is 29.0 Å². The van der Waals surface area contributed by atoms with Crippen LogP contribution in [0.2, 0.25) is 0 Å². The van der Waals surface area contributed by atoms with Crippen LogP contribution in [-0.2, 0) is 19.1 Å². The van der Waals surface area contributed by atoms with Crippen LogP contribution in [0.3, 0.4) is 0 Å². The zero-order valence-electron chi connectivity index (χ0n) is 13.6. The molecule has 0 saturated carbocycles. The van der Waals surface area contributed by atoms with Crippen LogP contribution < -0.4 is 0 Å². The van der Waals surface area contributed by atoms with Crippen LogP contribution in [0.25, 0.3) is 0 Å². The molecule has 2 aliphatic heterocycles. The van der Waals surface area contributed by atoms with Crippen LogP contribution in [-0.4, -0.2) is 58.6 Å². The number of carbonyl (C=O) groups excluding carboxylic acids is 5. The van der Waals surface area contributed by atoms with Crippen LogP contribution in [0.1, 0.15) is 40.5 Å². The monoisotopic (exact) mass is 344 g/mol. The van der Waals surface area contributed by atoms with E-state index in [1.807, 2.05) is 0 Å². The predicted octanol–water partition coefficient (Wildman–Crippen LogP) is 0.363. The van der Waals surface area contributed by atoms with Crippen molar-refractivity contribution in [1.82, 2.24) is 9.80 Å². The maximum Gasteiger partial charge on any atom is 0.329 e. The Kier molecular flexibility index (Phi) is 4.35. The molecule has 0 N–H and O–H groups in total. The van der Waals surface area contributed by atoms with Gasteiger partial charge in [-0.05, 0) is 25.5 Å². The average molecular weight is 344 g/mol. The quantitative estimate of drug-likeness (QED) is 0.577. The average Bonchev–Trinajstić information content (AvgIpc) is 3.14. The van der Waals surface area contributed by atoms with E-state index in [9.17, 15) is 24.0 Å². The summed E-state index contributed by atoms with van der Waals surface area (Å²) in [5, 5.41) is 0. The smallest absolute Gasteiger partial charge is 0.329 e. The number of fused-ring (bicyclic) bond motifs is 1. The number of rotatable bonds is 4. The Morgan fingerprint density at radius 2 is 1.72 bits per heavy atom. The molecule has 0 spiro atoms. The van der Waals surface area contributed by atoms with E-state index in [1.54, 1.807) is 12.1 Å². The maximum absolute atomic E-state index is 12.3. The van der Waals surface area contributed by atoms with E-state index in [0.29, 0.717) is 19.4 Å². The fraction of sp³-hybridized carbons (Fsp3) is 0.353. The molecular formula is C17H16N2O6. The zero-order valence-corrected chi connectivity index (χ0v) is 13.6. The van der Waals surface area contributed by atoms with Crippen molar-refractivity contribution in [3.05, 3.63) is 35.4 Å². The highest BCUT2D eigenvalue weighted by Gasteiger charge is 2.41.